The van der Waals surface area contributed by atoms with Gasteiger partial charge in [-0.05, 0) is 62.4 Å². The summed E-state index contributed by atoms with van der Waals surface area (Å²) in [5.74, 6) is -1.73. The van der Waals surface area contributed by atoms with Crippen LogP contribution in [0.5, 0.6) is 5.75 Å². The predicted octanol–water partition coefficient (Wildman–Crippen LogP) is 4.38. The van der Waals surface area contributed by atoms with Crippen LogP contribution in [0.15, 0.2) is 58.8 Å². The zero-order valence-electron chi connectivity index (χ0n) is 18.1. The Morgan fingerprint density at radius 3 is 2.53 bits per heavy atom. The van der Waals surface area contributed by atoms with E-state index in [1.54, 1.807) is 13.8 Å². The number of ether oxygens (including phenoxy) is 1. The van der Waals surface area contributed by atoms with E-state index in [1.807, 2.05) is 0 Å². The third kappa shape index (κ3) is 5.22. The van der Waals surface area contributed by atoms with Crippen molar-refractivity contribution in [2.45, 2.75) is 20.0 Å². The number of amides is 3. The number of alkyl halides is 3. The number of carbonyl (C=O) groups excluding carboxylic acids is 2. The van der Waals surface area contributed by atoms with Crippen LogP contribution in [0, 0.1) is 12.7 Å². The van der Waals surface area contributed by atoms with E-state index in [9.17, 15) is 27.2 Å². The van der Waals surface area contributed by atoms with E-state index in [1.165, 1.54) is 24.4 Å². The molecule has 34 heavy (non-hydrogen) atoms. The number of aryl methyl sites for hydroxylation is 1. The molecule has 178 valence electrons. The van der Waals surface area contributed by atoms with Gasteiger partial charge in [0.15, 0.2) is 0 Å². The molecule has 3 rings (SSSR count). The molecule has 0 spiro atoms. The number of carbonyl (C=O) groups is 2. The molecule has 1 aliphatic heterocycles. The maximum Gasteiger partial charge on any atom is 0.416 e. The zero-order chi connectivity index (χ0) is 25.2. The number of guanidine groups is 1. The summed E-state index contributed by atoms with van der Waals surface area (Å²) in [6.07, 6.45) is -3.39. The average Bonchev–Trinajstić information content (AvgIpc) is 3.01. The fraction of sp³-hybridized carbons (Fsp3) is 0.182. The second kappa shape index (κ2) is 9.33. The van der Waals surface area contributed by atoms with Gasteiger partial charge in [-0.15, -0.1) is 0 Å². The highest BCUT2D eigenvalue weighted by Gasteiger charge is 2.40. The molecule has 0 bridgehead atoms. The van der Waals surface area contributed by atoms with Crippen molar-refractivity contribution < 1.29 is 31.9 Å². The molecule has 1 fully saturated rings. The molecule has 0 unspecified atom stereocenters. The Morgan fingerprint density at radius 1 is 1.21 bits per heavy atom. The number of anilines is 2. The first-order valence-corrected chi connectivity index (χ1v) is 9.73. The number of rotatable bonds is 5. The molecule has 0 aromatic heterocycles. The Balaban J connectivity index is 1.86. The van der Waals surface area contributed by atoms with Crippen LogP contribution in [0.25, 0.3) is 0 Å². The maximum absolute atomic E-state index is 13.8. The number of nitrogens with two attached hydrogens (primary N) is 1. The van der Waals surface area contributed by atoms with Crippen LogP contribution in [0.4, 0.5) is 33.7 Å². The second-order valence-corrected chi connectivity index (χ2v) is 7.10. The van der Waals surface area contributed by atoms with Gasteiger partial charge in [0.1, 0.15) is 18.1 Å². The van der Waals surface area contributed by atoms with Crippen LogP contribution in [-0.4, -0.2) is 30.7 Å². The Bertz CT molecular complexity index is 1220. The highest BCUT2D eigenvalue weighted by molar-refractivity contribution is 6.27. The fourth-order valence-electron chi connectivity index (χ4n) is 3.22. The van der Waals surface area contributed by atoms with Gasteiger partial charge in [0.05, 0.1) is 11.3 Å². The molecule has 12 heteroatoms. The molecule has 3 amide bonds. The van der Waals surface area contributed by atoms with E-state index >= 15 is 0 Å². The van der Waals surface area contributed by atoms with E-state index < -0.39 is 36.0 Å². The molecule has 0 saturated carbocycles. The van der Waals surface area contributed by atoms with Crippen LogP contribution in [0.3, 0.4) is 0 Å². The summed E-state index contributed by atoms with van der Waals surface area (Å²) in [6, 6.07) is 5.13. The number of benzene rings is 2. The van der Waals surface area contributed by atoms with E-state index in [-0.39, 0.29) is 29.0 Å². The third-order valence-corrected chi connectivity index (χ3v) is 4.63. The molecule has 0 radical (unpaired) electrons. The maximum atomic E-state index is 13.8. The van der Waals surface area contributed by atoms with Gasteiger partial charge in [0.2, 0.25) is 11.8 Å². The van der Waals surface area contributed by atoms with E-state index in [0.717, 1.165) is 15.9 Å². The molecule has 8 nitrogen and oxygen atoms in total. The molecular formula is C22H19F4N5O3. The summed E-state index contributed by atoms with van der Waals surface area (Å²) in [5, 5.41) is 0. The van der Waals surface area contributed by atoms with Gasteiger partial charge in [0, 0.05) is 11.9 Å². The summed E-state index contributed by atoms with van der Waals surface area (Å²) >= 11 is 0. The molecule has 0 aliphatic carbocycles. The largest absolute Gasteiger partial charge is 0.440 e. The minimum absolute atomic E-state index is 0.0543. The monoisotopic (exact) mass is 477 g/mol. The smallest absolute Gasteiger partial charge is 0.416 e. The van der Waals surface area contributed by atoms with E-state index in [0.29, 0.717) is 17.7 Å². The number of nitrogens with zero attached hydrogens (tertiary/aromatic N) is 4. The first kappa shape index (κ1) is 24.4. The highest BCUT2D eigenvalue weighted by Crippen LogP contribution is 2.35. The minimum Gasteiger partial charge on any atom is -0.440 e. The number of halogens is 4. The number of aliphatic imine (C=N–C) groups is 2. The fourth-order valence-corrected chi connectivity index (χ4v) is 3.22. The molecule has 2 N–H and O–H groups in total. The van der Waals surface area contributed by atoms with Crippen molar-refractivity contribution in [2.24, 2.45) is 15.7 Å². The van der Waals surface area contributed by atoms with Crippen LogP contribution >= 0.6 is 0 Å². The number of hydrogen-bond donors (Lipinski definition) is 1. The van der Waals surface area contributed by atoms with Gasteiger partial charge in [-0.3, -0.25) is 9.69 Å². The second-order valence-electron chi connectivity index (χ2n) is 7.10. The van der Waals surface area contributed by atoms with Gasteiger partial charge in [-0.1, -0.05) is 0 Å². The summed E-state index contributed by atoms with van der Waals surface area (Å²) in [4.78, 5) is 34.7. The topological polar surface area (TPSA) is 101 Å². The van der Waals surface area contributed by atoms with Crippen molar-refractivity contribution in [1.29, 1.82) is 0 Å². The lowest BCUT2D eigenvalue weighted by Crippen LogP contribution is -2.33. The van der Waals surface area contributed by atoms with Gasteiger partial charge < -0.3 is 10.5 Å². The summed E-state index contributed by atoms with van der Waals surface area (Å²) in [6.45, 7) is 6.29. The van der Waals surface area contributed by atoms with E-state index in [2.05, 4.69) is 16.6 Å². The van der Waals surface area contributed by atoms with Gasteiger partial charge >= 0.3 is 12.2 Å². The normalized spacial score (nSPS) is 14.9. The van der Waals surface area contributed by atoms with Gasteiger partial charge in [-0.25, -0.2) is 19.1 Å². The predicted molar refractivity (Wildman–Crippen MR) is 118 cm³/mol. The summed E-state index contributed by atoms with van der Waals surface area (Å²) < 4.78 is 58.4. The lowest BCUT2D eigenvalue weighted by Gasteiger charge is -2.20. The minimum atomic E-state index is -4.82. The zero-order valence-corrected chi connectivity index (χ0v) is 18.1. The first-order chi connectivity index (χ1) is 15.9. The molecule has 0 atom stereocenters. The first-order valence-electron chi connectivity index (χ1n) is 9.73. The molecule has 2 aromatic carbocycles. The van der Waals surface area contributed by atoms with Crippen LogP contribution in [-0.2, 0) is 11.0 Å². The Hall–Kier alpha value is -4.22. The molecule has 1 aliphatic rings. The Labute approximate surface area is 191 Å². The van der Waals surface area contributed by atoms with Gasteiger partial charge in [0.25, 0.3) is 5.91 Å². The highest BCUT2D eigenvalue weighted by atomic mass is 19.4. The van der Waals surface area contributed by atoms with Crippen LogP contribution < -0.4 is 20.3 Å². The summed E-state index contributed by atoms with van der Waals surface area (Å²) in [7, 11) is 0. The number of hydrogen-bond acceptors (Lipinski definition) is 4. The third-order valence-electron chi connectivity index (χ3n) is 4.63. The van der Waals surface area contributed by atoms with Gasteiger partial charge in [-0.2, -0.15) is 18.2 Å². The Morgan fingerprint density at radius 2 is 1.91 bits per heavy atom. The molecule has 1 heterocycles. The molecule has 2 aromatic rings. The quantitative estimate of drug-likeness (QED) is 0.227. The van der Waals surface area contributed by atoms with Crippen molar-refractivity contribution >= 4 is 35.5 Å². The van der Waals surface area contributed by atoms with Crippen molar-refractivity contribution in [1.82, 2.24) is 0 Å². The van der Waals surface area contributed by atoms with E-state index in [4.69, 9.17) is 10.5 Å². The average molecular weight is 477 g/mol. The van der Waals surface area contributed by atoms with Crippen LogP contribution in [0.1, 0.15) is 18.1 Å². The lowest BCUT2D eigenvalue weighted by atomic mass is 10.1. The van der Waals surface area contributed by atoms with Crippen molar-refractivity contribution in [3.63, 3.8) is 0 Å². The molecule has 1 saturated heterocycles. The number of urea groups is 1. The Kier molecular flexibility index (Phi) is 6.70. The standard InChI is InChI=1S/C22H19F4N5O3/c1-4-28-20(27)29-13(3)34-17-5-6-18(12(2)7-17)31-19(32)11-30(21(31)33)16-9-14(22(24,25)26)8-15(23)10-16/h4-10H,3,11H2,1-2H3,(H2,27,29). The molecular weight excluding hydrogens is 458 g/mol. The van der Waals surface area contributed by atoms with Crippen molar-refractivity contribution in [3.8, 4) is 5.75 Å². The number of imide groups is 1. The van der Waals surface area contributed by atoms with Crippen molar-refractivity contribution in [3.05, 3.63) is 65.8 Å². The van der Waals surface area contributed by atoms with Crippen molar-refractivity contribution in [2.75, 3.05) is 16.3 Å². The van der Waals surface area contributed by atoms with Crippen LogP contribution in [0.2, 0.25) is 0 Å². The lowest BCUT2D eigenvalue weighted by molar-refractivity contribution is -0.137. The SMILES string of the molecule is C=C(N=C(N)N=CC)Oc1ccc(N2C(=O)CN(c3cc(F)cc(C(F)(F)F)c3)C2=O)c(C)c1. The summed E-state index contributed by atoms with van der Waals surface area (Å²) in [5.41, 5.74) is 4.51.